The number of esters is 1. The summed E-state index contributed by atoms with van der Waals surface area (Å²) >= 11 is 0. The molecule has 0 saturated heterocycles. The first kappa shape index (κ1) is 21.5. The van der Waals surface area contributed by atoms with E-state index in [0.29, 0.717) is 6.07 Å². The molecule has 0 aliphatic rings. The molecule has 2 aromatic carbocycles. The van der Waals surface area contributed by atoms with Crippen LogP contribution in [0.25, 0.3) is 0 Å². The van der Waals surface area contributed by atoms with Gasteiger partial charge in [0.1, 0.15) is 11.6 Å². The average molecular weight is 412 g/mol. The fourth-order valence-electron chi connectivity index (χ4n) is 2.34. The SMILES string of the molecule is CNS(=O)(=O)c1cccc(C(=O)OCC(=O)N[C@H](C)c2ccc(F)cc2F)c1. The maximum atomic E-state index is 13.7. The van der Waals surface area contributed by atoms with E-state index in [4.69, 9.17) is 4.74 Å². The molecular weight excluding hydrogens is 394 g/mol. The van der Waals surface area contributed by atoms with Crippen LogP contribution in [0.4, 0.5) is 8.78 Å². The van der Waals surface area contributed by atoms with E-state index in [-0.39, 0.29) is 16.0 Å². The molecule has 0 unspecified atom stereocenters. The number of amides is 1. The summed E-state index contributed by atoms with van der Waals surface area (Å²) in [5.41, 5.74) is 0.0211. The molecule has 7 nitrogen and oxygen atoms in total. The van der Waals surface area contributed by atoms with Crippen LogP contribution in [0, 0.1) is 11.6 Å². The van der Waals surface area contributed by atoms with Crippen molar-refractivity contribution in [3.05, 3.63) is 65.2 Å². The summed E-state index contributed by atoms with van der Waals surface area (Å²) < 4.78 is 57.2. The maximum absolute atomic E-state index is 13.7. The number of nitrogens with one attached hydrogen (secondary N) is 2. The lowest BCUT2D eigenvalue weighted by atomic mass is 10.1. The van der Waals surface area contributed by atoms with E-state index in [1.807, 2.05) is 0 Å². The van der Waals surface area contributed by atoms with Gasteiger partial charge < -0.3 is 10.1 Å². The topological polar surface area (TPSA) is 102 Å². The van der Waals surface area contributed by atoms with Crippen LogP contribution in [-0.4, -0.2) is 33.9 Å². The Kier molecular flexibility index (Phi) is 6.81. The van der Waals surface area contributed by atoms with Gasteiger partial charge in [0.25, 0.3) is 5.91 Å². The molecule has 0 aromatic heterocycles. The molecule has 0 aliphatic heterocycles. The Hall–Kier alpha value is -2.85. The van der Waals surface area contributed by atoms with Crippen LogP contribution in [0.3, 0.4) is 0 Å². The van der Waals surface area contributed by atoms with Gasteiger partial charge in [-0.3, -0.25) is 4.79 Å². The molecule has 1 atom stereocenters. The number of carbonyl (C=O) groups excluding carboxylic acids is 2. The highest BCUT2D eigenvalue weighted by atomic mass is 32.2. The molecule has 10 heteroatoms. The third-order valence-electron chi connectivity index (χ3n) is 3.79. The number of rotatable bonds is 7. The first-order valence-electron chi connectivity index (χ1n) is 8.09. The maximum Gasteiger partial charge on any atom is 0.338 e. The zero-order valence-electron chi connectivity index (χ0n) is 15.0. The molecule has 1 amide bonds. The van der Waals surface area contributed by atoms with E-state index in [1.165, 1.54) is 38.2 Å². The number of hydrogen-bond donors (Lipinski definition) is 2. The third kappa shape index (κ3) is 5.33. The normalized spacial score (nSPS) is 12.3. The number of carbonyl (C=O) groups is 2. The Morgan fingerprint density at radius 3 is 2.50 bits per heavy atom. The summed E-state index contributed by atoms with van der Waals surface area (Å²) in [5.74, 6) is -3.16. The summed E-state index contributed by atoms with van der Waals surface area (Å²) in [6, 6.07) is 7.30. The van der Waals surface area contributed by atoms with Gasteiger partial charge in [-0.05, 0) is 38.2 Å². The Morgan fingerprint density at radius 2 is 1.86 bits per heavy atom. The first-order valence-corrected chi connectivity index (χ1v) is 9.57. The molecule has 2 N–H and O–H groups in total. The van der Waals surface area contributed by atoms with Gasteiger partial charge in [0.05, 0.1) is 16.5 Å². The highest BCUT2D eigenvalue weighted by Gasteiger charge is 2.18. The van der Waals surface area contributed by atoms with E-state index in [0.717, 1.165) is 12.1 Å². The standard InChI is InChI=1S/C18H18F2N2O5S/c1-11(15-7-6-13(19)9-16(15)20)22-17(23)10-27-18(24)12-4-3-5-14(8-12)28(25,26)21-2/h3-9,11,21H,10H2,1-2H3,(H,22,23)/t11-/m1/s1. The van der Waals surface area contributed by atoms with Gasteiger partial charge >= 0.3 is 5.97 Å². The van der Waals surface area contributed by atoms with Crippen LogP contribution < -0.4 is 10.0 Å². The van der Waals surface area contributed by atoms with Crippen molar-refractivity contribution in [1.82, 2.24) is 10.0 Å². The summed E-state index contributed by atoms with van der Waals surface area (Å²) in [6.45, 7) is 0.830. The zero-order chi connectivity index (χ0) is 20.9. The molecule has 0 heterocycles. The Morgan fingerprint density at radius 1 is 1.14 bits per heavy atom. The smallest absolute Gasteiger partial charge is 0.338 e. The van der Waals surface area contributed by atoms with Crippen LogP contribution in [-0.2, 0) is 19.6 Å². The van der Waals surface area contributed by atoms with Crippen molar-refractivity contribution in [3.8, 4) is 0 Å². The molecule has 0 fully saturated rings. The molecule has 150 valence electrons. The largest absolute Gasteiger partial charge is 0.452 e. The van der Waals surface area contributed by atoms with E-state index in [2.05, 4.69) is 10.0 Å². The molecule has 0 spiro atoms. The predicted molar refractivity (Wildman–Crippen MR) is 95.9 cm³/mol. The zero-order valence-corrected chi connectivity index (χ0v) is 15.8. The minimum atomic E-state index is -3.74. The van der Waals surface area contributed by atoms with Gasteiger partial charge in [-0.2, -0.15) is 0 Å². The quantitative estimate of drug-likeness (QED) is 0.677. The van der Waals surface area contributed by atoms with Crippen molar-refractivity contribution in [2.45, 2.75) is 17.9 Å². The van der Waals surface area contributed by atoms with Gasteiger partial charge in [0.2, 0.25) is 10.0 Å². The second-order valence-corrected chi connectivity index (χ2v) is 7.65. The Balaban J connectivity index is 1.97. The molecule has 2 rings (SSSR count). The summed E-state index contributed by atoms with van der Waals surface area (Å²) in [6.07, 6.45) is 0. The Labute approximate surface area is 160 Å². The first-order chi connectivity index (χ1) is 13.1. The molecule has 0 aliphatic carbocycles. The van der Waals surface area contributed by atoms with Gasteiger partial charge in [-0.15, -0.1) is 0 Å². The van der Waals surface area contributed by atoms with Crippen LogP contribution in [0.5, 0.6) is 0 Å². The molecular formula is C18H18F2N2O5S. The van der Waals surface area contributed by atoms with E-state index >= 15 is 0 Å². The van der Waals surface area contributed by atoms with Crippen LogP contribution in [0.1, 0.15) is 28.9 Å². The molecule has 28 heavy (non-hydrogen) atoms. The summed E-state index contributed by atoms with van der Waals surface area (Å²) in [4.78, 5) is 23.8. The molecule has 0 radical (unpaired) electrons. The van der Waals surface area contributed by atoms with E-state index in [1.54, 1.807) is 0 Å². The van der Waals surface area contributed by atoms with Gasteiger partial charge in [-0.25, -0.2) is 26.7 Å². The lowest BCUT2D eigenvalue weighted by Crippen LogP contribution is -2.31. The van der Waals surface area contributed by atoms with Crippen molar-refractivity contribution in [3.63, 3.8) is 0 Å². The minimum Gasteiger partial charge on any atom is -0.452 e. The van der Waals surface area contributed by atoms with Crippen LogP contribution in [0.2, 0.25) is 0 Å². The highest BCUT2D eigenvalue weighted by molar-refractivity contribution is 7.89. The van der Waals surface area contributed by atoms with Crippen molar-refractivity contribution in [2.24, 2.45) is 0 Å². The molecule has 2 aromatic rings. The average Bonchev–Trinajstić information content (AvgIpc) is 2.66. The molecule has 0 saturated carbocycles. The van der Waals surface area contributed by atoms with Crippen molar-refractivity contribution < 1.29 is 31.5 Å². The number of ether oxygens (including phenoxy) is 1. The second-order valence-electron chi connectivity index (χ2n) is 5.77. The monoisotopic (exact) mass is 412 g/mol. The number of benzene rings is 2. The van der Waals surface area contributed by atoms with Gasteiger partial charge in [0, 0.05) is 11.6 Å². The molecule has 0 bridgehead atoms. The lowest BCUT2D eigenvalue weighted by Gasteiger charge is -2.15. The van der Waals surface area contributed by atoms with Crippen molar-refractivity contribution in [2.75, 3.05) is 13.7 Å². The third-order valence-corrected chi connectivity index (χ3v) is 5.20. The van der Waals surface area contributed by atoms with Crippen molar-refractivity contribution >= 4 is 21.9 Å². The fraction of sp³-hybridized carbons (Fsp3) is 0.222. The van der Waals surface area contributed by atoms with Crippen molar-refractivity contribution in [1.29, 1.82) is 0 Å². The van der Waals surface area contributed by atoms with Crippen LogP contribution in [0.15, 0.2) is 47.4 Å². The number of hydrogen-bond acceptors (Lipinski definition) is 5. The fourth-order valence-corrected chi connectivity index (χ4v) is 3.11. The summed E-state index contributed by atoms with van der Waals surface area (Å²) in [5, 5.41) is 2.42. The highest BCUT2D eigenvalue weighted by Crippen LogP contribution is 2.17. The Bertz CT molecular complexity index is 995. The van der Waals surface area contributed by atoms with E-state index in [9.17, 15) is 26.8 Å². The predicted octanol–water partition coefficient (Wildman–Crippen LogP) is 1.91. The number of halogens is 2. The second kappa shape index (κ2) is 8.89. The number of sulfonamides is 1. The van der Waals surface area contributed by atoms with Gasteiger partial charge in [0.15, 0.2) is 6.61 Å². The van der Waals surface area contributed by atoms with Gasteiger partial charge in [-0.1, -0.05) is 12.1 Å². The summed E-state index contributed by atoms with van der Waals surface area (Å²) in [7, 11) is -2.51. The van der Waals surface area contributed by atoms with E-state index < -0.39 is 46.2 Å². The van der Waals surface area contributed by atoms with Crippen LogP contribution >= 0.6 is 0 Å². The minimum absolute atomic E-state index is 0.0539. The lowest BCUT2D eigenvalue weighted by molar-refractivity contribution is -0.124.